The molecule has 0 aliphatic carbocycles. The first-order valence-corrected chi connectivity index (χ1v) is 18.2. The summed E-state index contributed by atoms with van der Waals surface area (Å²) >= 11 is 0. The predicted molar refractivity (Wildman–Crippen MR) is 207 cm³/mol. The molecular weight excluding hydrogens is 1590 g/mol. The molecule has 0 saturated heterocycles. The van der Waals surface area contributed by atoms with Gasteiger partial charge in [-0.05, 0) is 30.1 Å². The van der Waals surface area contributed by atoms with Crippen molar-refractivity contribution >= 4 is 19.7 Å². The Labute approximate surface area is 436 Å². The molecule has 0 aromatic heterocycles. The van der Waals surface area contributed by atoms with Crippen LogP contribution >= 0.6 is 10.7 Å². The van der Waals surface area contributed by atoms with E-state index in [1.165, 1.54) is 24.5 Å². The molecule has 0 aromatic rings. The average Bonchev–Trinajstić information content (AvgIpc) is 3.02. The third-order valence-electron chi connectivity index (χ3n) is 3.09. The Hall–Kier alpha value is 3.95. The van der Waals surface area contributed by atoms with Gasteiger partial charge >= 0.3 is 154 Å². The van der Waals surface area contributed by atoms with E-state index in [1.807, 2.05) is 62.3 Å². The maximum absolute atomic E-state index is 9.40. The molecule has 0 aromatic carbocycles. The first kappa shape index (κ1) is 105. The molecule has 3 N–H and O–H groups in total. The van der Waals surface area contributed by atoms with Gasteiger partial charge in [-0.2, -0.15) is 18.9 Å². The summed E-state index contributed by atoms with van der Waals surface area (Å²) in [6.07, 6.45) is 3.17. The van der Waals surface area contributed by atoms with Gasteiger partial charge in [0.2, 0.25) is 9.05 Å². The summed E-state index contributed by atoms with van der Waals surface area (Å²) in [6.45, 7) is 56.0. The fraction of sp³-hybridized carbons (Fsp3) is 0.750. The summed E-state index contributed by atoms with van der Waals surface area (Å²) < 4.78 is 18.8. The van der Waals surface area contributed by atoms with Gasteiger partial charge in [-0.15, -0.1) is 11.2 Å². The number of hydrogen-bond acceptors (Lipinski definition) is 6. The average molecular weight is 1660 g/mol. The van der Waals surface area contributed by atoms with Crippen LogP contribution in [0.3, 0.4) is 0 Å². The topological polar surface area (TPSA) is 191 Å². The quantitative estimate of drug-likeness (QED) is 0.0628. The first-order chi connectivity index (χ1) is 20.9. The molecule has 0 radical (unpaired) electrons. The van der Waals surface area contributed by atoms with Crippen molar-refractivity contribution < 1.29 is 168 Å². The second-order valence-electron chi connectivity index (χ2n) is 6.92. The molecule has 11 nitrogen and oxygen atoms in total. The van der Waals surface area contributed by atoms with E-state index >= 15 is 0 Å². The summed E-state index contributed by atoms with van der Waals surface area (Å²) in [5, 5.41) is 11.4. The number of azide groups is 1. The molecule has 0 bridgehead atoms. The molecule has 0 aliphatic heterocycles. The van der Waals surface area contributed by atoms with Crippen molar-refractivity contribution in [1.29, 1.82) is 0 Å². The van der Waals surface area contributed by atoms with E-state index in [1.54, 1.807) is 0 Å². The molecule has 0 heterocycles. The van der Waals surface area contributed by atoms with Gasteiger partial charge in [0, 0.05) is 10.7 Å². The van der Waals surface area contributed by atoms with E-state index < -0.39 is 15.2 Å². The summed E-state index contributed by atoms with van der Waals surface area (Å²) in [6, 6.07) is -0.181. The third kappa shape index (κ3) is 307. The van der Waals surface area contributed by atoms with Crippen LogP contribution in [0, 0.1) is 186 Å². The van der Waals surface area contributed by atoms with Gasteiger partial charge in [-0.1, -0.05) is 89.2 Å². The molecule has 0 amide bonds. The fourth-order valence-corrected chi connectivity index (χ4v) is 0.802. The molecular formula is C32H76ClN8NaO3SU4. The maximum Gasteiger partial charge on any atom is 2.00 e. The minimum atomic E-state index is -3.19. The van der Waals surface area contributed by atoms with E-state index in [2.05, 4.69) is 102 Å². The standard InChI is InChI=1S/C6H15N.C5H10.C4H7N3.C4H9N.C4H8O.4C2H6.CH3ClO2S.N3.Na.4U/c1-4-7(5-2)6-3;1-4-5(2)3;1-3-4(2)6-7-5;2*1-3-4(2)5;4*1-2;1-5(2,3)4;1-3-2;;;;;/h4-6H2,1-3H3;5H,1-2,4H2,3H3;4H,1-3H2;4H,1-3,5H2;4-5H,1-3H2;4*1-2H3;1H3;;;;;;/q;4*-2;;;;;;-1;+1;4*+2. The summed E-state index contributed by atoms with van der Waals surface area (Å²) in [5.41, 5.74) is 26.4. The van der Waals surface area contributed by atoms with Crippen LogP contribution in [0.2, 0.25) is 0 Å². The third-order valence-corrected chi connectivity index (χ3v) is 3.09. The van der Waals surface area contributed by atoms with Crippen molar-refractivity contribution in [3.05, 3.63) is 81.8 Å². The predicted octanol–water partition coefficient (Wildman–Crippen LogP) is 7.69. The second kappa shape index (κ2) is 117. The summed E-state index contributed by atoms with van der Waals surface area (Å²) in [7, 11) is 1.31. The SMILES string of the molecule is CC.CC.CC.CC.CCN(CC)CC.CS(=O)(=O)Cl.[CH2-]CC([CH2-])C.[CH2-]CC([CH2-])N.[CH2-]CC([CH2-])N=[N+]=[N-].[CH2-]CC([CH2-])O.[N-]=[N+]=[N-].[Na+].[U+2].[U+2].[U+2].[U+2]. The zero-order valence-electron chi connectivity index (χ0n) is 34.7. The summed E-state index contributed by atoms with van der Waals surface area (Å²) in [5.74, 6) is 0.523. The van der Waals surface area contributed by atoms with Gasteiger partial charge in [-0.25, -0.2) is 27.2 Å². The Morgan fingerprint density at radius 3 is 0.940 bits per heavy atom. The molecule has 0 aliphatic rings. The smallest absolute Gasteiger partial charge is 0.428 e. The number of aliphatic hydroxyl groups is 1. The Morgan fingerprint density at radius 2 is 0.920 bits per heavy atom. The minimum Gasteiger partial charge on any atom is -0.428 e. The van der Waals surface area contributed by atoms with Crippen molar-refractivity contribution in [1.82, 2.24) is 4.90 Å². The van der Waals surface area contributed by atoms with Crippen LogP contribution in [0.5, 0.6) is 0 Å². The molecule has 4 atom stereocenters. The van der Waals surface area contributed by atoms with Gasteiger partial charge in [0.25, 0.3) is 0 Å². The molecule has 0 spiro atoms. The normalized spacial score (nSPS) is 9.46. The number of nitrogens with zero attached hydrogens (tertiary/aromatic N) is 7. The van der Waals surface area contributed by atoms with Crippen molar-refractivity contribution in [2.24, 2.45) is 16.8 Å². The molecule has 0 saturated carbocycles. The van der Waals surface area contributed by atoms with Gasteiger partial charge in [0.15, 0.2) is 0 Å². The zero-order valence-corrected chi connectivity index (χ0v) is 54.9. The maximum atomic E-state index is 9.40. The monoisotopic (exact) mass is 1660 g/mol. The van der Waals surface area contributed by atoms with E-state index in [0.717, 1.165) is 19.1 Å². The second-order valence-corrected chi connectivity index (χ2v) is 9.97. The summed E-state index contributed by atoms with van der Waals surface area (Å²) in [4.78, 5) is 6.40. The van der Waals surface area contributed by atoms with Crippen LogP contribution in [0.4, 0.5) is 0 Å². The Kier molecular flexibility index (Phi) is 246. The number of halogens is 1. The van der Waals surface area contributed by atoms with Crippen molar-refractivity contribution in [2.75, 3.05) is 25.9 Å². The van der Waals surface area contributed by atoms with Crippen molar-refractivity contribution in [2.45, 2.75) is 127 Å². The van der Waals surface area contributed by atoms with E-state index in [4.69, 9.17) is 27.4 Å². The minimum absolute atomic E-state index is 0. The Bertz CT molecular complexity index is 575. The molecule has 18 heteroatoms. The number of aliphatic hydroxyl groups excluding tert-OH is 1. The van der Waals surface area contributed by atoms with E-state index in [-0.39, 0.29) is 166 Å². The largest absolute Gasteiger partial charge is 2.00 e. The van der Waals surface area contributed by atoms with Crippen LogP contribution in [-0.4, -0.2) is 62.5 Å². The van der Waals surface area contributed by atoms with Crippen LogP contribution in [-0.2, 0) is 9.05 Å². The van der Waals surface area contributed by atoms with Crippen LogP contribution in [0.15, 0.2) is 5.11 Å². The molecule has 0 rings (SSSR count). The molecule has 50 heavy (non-hydrogen) atoms. The first-order valence-electron chi connectivity index (χ1n) is 15.5. The van der Waals surface area contributed by atoms with Gasteiger partial charge in [0.1, 0.15) is 0 Å². The van der Waals surface area contributed by atoms with Crippen molar-refractivity contribution in [3.63, 3.8) is 0 Å². The van der Waals surface area contributed by atoms with Crippen LogP contribution in [0.1, 0.15) is 109 Å². The van der Waals surface area contributed by atoms with E-state index in [9.17, 15) is 8.42 Å². The van der Waals surface area contributed by atoms with Crippen LogP contribution < -0.4 is 35.3 Å². The molecule has 292 valence electrons. The number of rotatable bonds is 8. The van der Waals surface area contributed by atoms with Crippen molar-refractivity contribution in [3.8, 4) is 0 Å². The van der Waals surface area contributed by atoms with Crippen LogP contribution in [0.25, 0.3) is 26.4 Å². The number of nitrogens with two attached hydrogens (primary N) is 1. The van der Waals surface area contributed by atoms with Gasteiger partial charge < -0.3 is 82.2 Å². The Morgan fingerprint density at radius 1 is 0.740 bits per heavy atom. The van der Waals surface area contributed by atoms with Gasteiger partial charge in [-0.3, -0.25) is 4.91 Å². The molecule has 4 unspecified atom stereocenters. The zero-order chi connectivity index (χ0) is 39.5. The fourth-order valence-electron chi connectivity index (χ4n) is 0.802. The number of hydrogen-bond donors (Lipinski definition) is 2. The van der Waals surface area contributed by atoms with E-state index in [0.29, 0.717) is 18.8 Å². The van der Waals surface area contributed by atoms with Gasteiger partial charge in [0.05, 0.1) is 6.26 Å². The Balaban J connectivity index is -0.0000000185. The molecule has 0 fully saturated rings.